The Bertz CT molecular complexity index is 308. The minimum absolute atomic E-state index is 0.518. The second-order valence-electron chi connectivity index (χ2n) is 3.90. The van der Waals surface area contributed by atoms with Crippen molar-refractivity contribution in [2.75, 3.05) is 6.61 Å². The molecule has 0 aliphatic carbocycles. The van der Waals surface area contributed by atoms with Gasteiger partial charge in [-0.3, -0.25) is 0 Å². The van der Waals surface area contributed by atoms with Crippen LogP contribution in [0.25, 0.3) is 0 Å². The second-order valence-corrected chi connectivity index (χ2v) is 6.65. The van der Waals surface area contributed by atoms with E-state index >= 15 is 0 Å². The molecule has 0 N–H and O–H groups in total. The molecule has 17 heavy (non-hydrogen) atoms. The molecule has 1 aromatic rings. The molecular formula is C15H22OSe. The number of benzene rings is 1. The third kappa shape index (κ3) is 6.55. The number of allylic oxidation sites excluding steroid dienone is 1. The number of unbranched alkanes of at least 4 members (excludes halogenated alkanes) is 1. The standard InChI is InChI=1S/C15H22OSe/c1-3-5-9-15(12-13-16-4-2)17-14-10-7-6-8-11-14/h6-8,10-13,15H,3-5,9H2,1-2H3/b13-12-. The predicted octanol–water partition coefficient (Wildman–Crippen LogP) is 3.55. The van der Waals surface area contributed by atoms with Gasteiger partial charge in [0.1, 0.15) is 0 Å². The zero-order chi connectivity index (χ0) is 12.3. The molecule has 0 spiro atoms. The van der Waals surface area contributed by atoms with E-state index in [4.69, 9.17) is 4.74 Å². The maximum atomic E-state index is 5.31. The number of hydrogen-bond acceptors (Lipinski definition) is 1. The molecule has 0 saturated carbocycles. The summed E-state index contributed by atoms with van der Waals surface area (Å²) in [5, 5.41) is 0. The van der Waals surface area contributed by atoms with Crippen molar-refractivity contribution >= 4 is 19.4 Å². The summed E-state index contributed by atoms with van der Waals surface area (Å²) in [6.07, 6.45) is 7.96. The zero-order valence-electron chi connectivity index (χ0n) is 10.8. The van der Waals surface area contributed by atoms with Crippen LogP contribution in [-0.2, 0) is 4.74 Å². The monoisotopic (exact) mass is 298 g/mol. The predicted molar refractivity (Wildman–Crippen MR) is 75.9 cm³/mol. The van der Waals surface area contributed by atoms with Gasteiger partial charge in [0, 0.05) is 0 Å². The molecule has 1 atom stereocenters. The van der Waals surface area contributed by atoms with E-state index in [0.29, 0.717) is 19.8 Å². The second kappa shape index (κ2) is 9.32. The van der Waals surface area contributed by atoms with E-state index in [1.165, 1.54) is 23.7 Å². The average Bonchev–Trinajstić information content (AvgIpc) is 2.37. The van der Waals surface area contributed by atoms with Gasteiger partial charge in [0.05, 0.1) is 0 Å². The van der Waals surface area contributed by atoms with Gasteiger partial charge in [-0.1, -0.05) is 0 Å². The fourth-order valence-corrected chi connectivity index (χ4v) is 3.80. The minimum atomic E-state index is 0.518. The van der Waals surface area contributed by atoms with Crippen molar-refractivity contribution in [2.45, 2.75) is 37.9 Å². The summed E-state index contributed by atoms with van der Waals surface area (Å²) in [7, 11) is 0. The van der Waals surface area contributed by atoms with E-state index in [9.17, 15) is 0 Å². The van der Waals surface area contributed by atoms with Crippen LogP contribution in [0, 0.1) is 0 Å². The van der Waals surface area contributed by atoms with Crippen LogP contribution in [0.4, 0.5) is 0 Å². The van der Waals surface area contributed by atoms with E-state index in [1.807, 2.05) is 13.2 Å². The van der Waals surface area contributed by atoms with E-state index in [1.54, 1.807) is 0 Å². The molecule has 0 fully saturated rings. The summed E-state index contributed by atoms with van der Waals surface area (Å²) in [6, 6.07) is 10.8. The molecule has 1 aromatic carbocycles. The first kappa shape index (κ1) is 14.3. The molecule has 0 radical (unpaired) electrons. The Balaban J connectivity index is 2.50. The van der Waals surface area contributed by atoms with Crippen molar-refractivity contribution in [3.05, 3.63) is 42.7 Å². The fourth-order valence-electron chi connectivity index (χ4n) is 1.51. The maximum absolute atomic E-state index is 5.31. The molecule has 94 valence electrons. The first-order valence-electron chi connectivity index (χ1n) is 6.36. The molecule has 1 unspecified atom stereocenters. The molecule has 0 aliphatic heterocycles. The topological polar surface area (TPSA) is 9.23 Å². The first-order valence-corrected chi connectivity index (χ1v) is 8.21. The average molecular weight is 297 g/mol. The molecule has 0 heterocycles. The Morgan fingerprint density at radius 2 is 2.00 bits per heavy atom. The third-order valence-corrected chi connectivity index (χ3v) is 5.03. The molecule has 0 saturated heterocycles. The zero-order valence-corrected chi connectivity index (χ0v) is 12.5. The van der Waals surface area contributed by atoms with Crippen molar-refractivity contribution in [2.24, 2.45) is 0 Å². The van der Waals surface area contributed by atoms with Gasteiger partial charge in [0.15, 0.2) is 0 Å². The van der Waals surface area contributed by atoms with E-state index in [-0.39, 0.29) is 0 Å². The Hall–Kier alpha value is -0.721. The molecule has 2 heteroatoms. The summed E-state index contributed by atoms with van der Waals surface area (Å²) in [5.41, 5.74) is 0. The van der Waals surface area contributed by atoms with Crippen LogP contribution in [0.1, 0.15) is 33.1 Å². The molecule has 0 aromatic heterocycles. The quantitative estimate of drug-likeness (QED) is 0.527. The summed E-state index contributed by atoms with van der Waals surface area (Å²) in [5.74, 6) is 0. The number of ether oxygens (including phenoxy) is 1. The number of hydrogen-bond donors (Lipinski definition) is 0. The first-order chi connectivity index (χ1) is 8.36. The molecule has 1 rings (SSSR count). The summed E-state index contributed by atoms with van der Waals surface area (Å²) < 4.78 is 6.79. The number of rotatable bonds is 8. The van der Waals surface area contributed by atoms with Crippen LogP contribution in [0.5, 0.6) is 0 Å². The van der Waals surface area contributed by atoms with E-state index in [2.05, 4.69) is 43.3 Å². The molecular weight excluding hydrogens is 275 g/mol. The van der Waals surface area contributed by atoms with E-state index in [0.717, 1.165) is 6.61 Å². The third-order valence-electron chi connectivity index (χ3n) is 2.43. The Labute approximate surface area is 111 Å². The van der Waals surface area contributed by atoms with Gasteiger partial charge in [-0.05, 0) is 0 Å². The van der Waals surface area contributed by atoms with Gasteiger partial charge < -0.3 is 0 Å². The van der Waals surface area contributed by atoms with Crippen molar-refractivity contribution in [3.63, 3.8) is 0 Å². The van der Waals surface area contributed by atoms with Gasteiger partial charge in [-0.2, -0.15) is 0 Å². The van der Waals surface area contributed by atoms with Gasteiger partial charge in [-0.25, -0.2) is 0 Å². The SMILES string of the molecule is CCCCC(/C=C\OCC)[Se]c1ccccc1. The van der Waals surface area contributed by atoms with Crippen molar-refractivity contribution < 1.29 is 4.74 Å². The fraction of sp³-hybridized carbons (Fsp3) is 0.467. The van der Waals surface area contributed by atoms with Crippen LogP contribution in [0.3, 0.4) is 0 Å². The Morgan fingerprint density at radius 3 is 2.65 bits per heavy atom. The molecule has 0 amide bonds. The van der Waals surface area contributed by atoms with Crippen LogP contribution < -0.4 is 4.46 Å². The van der Waals surface area contributed by atoms with Crippen LogP contribution in [0.15, 0.2) is 42.7 Å². The van der Waals surface area contributed by atoms with E-state index < -0.39 is 0 Å². The van der Waals surface area contributed by atoms with Crippen LogP contribution in [-0.4, -0.2) is 21.6 Å². The molecule has 0 aliphatic rings. The Kier molecular flexibility index (Phi) is 7.87. The van der Waals surface area contributed by atoms with Gasteiger partial charge in [0.25, 0.3) is 0 Å². The van der Waals surface area contributed by atoms with Gasteiger partial charge >= 0.3 is 111 Å². The van der Waals surface area contributed by atoms with Gasteiger partial charge in [0.2, 0.25) is 0 Å². The normalized spacial score (nSPS) is 12.8. The Morgan fingerprint density at radius 1 is 1.24 bits per heavy atom. The van der Waals surface area contributed by atoms with Crippen molar-refractivity contribution in [1.82, 2.24) is 0 Å². The molecule has 1 nitrogen and oxygen atoms in total. The molecule has 0 bridgehead atoms. The summed E-state index contributed by atoms with van der Waals surface area (Å²) >= 11 is 0.518. The summed E-state index contributed by atoms with van der Waals surface area (Å²) in [4.78, 5) is 0.663. The van der Waals surface area contributed by atoms with Crippen LogP contribution in [0.2, 0.25) is 4.82 Å². The van der Waals surface area contributed by atoms with Crippen molar-refractivity contribution in [3.8, 4) is 0 Å². The van der Waals surface area contributed by atoms with Crippen molar-refractivity contribution in [1.29, 1.82) is 0 Å². The van der Waals surface area contributed by atoms with Gasteiger partial charge in [-0.15, -0.1) is 0 Å². The van der Waals surface area contributed by atoms with Crippen LogP contribution >= 0.6 is 0 Å². The summed E-state index contributed by atoms with van der Waals surface area (Å²) in [6.45, 7) is 5.03.